The third-order valence-electron chi connectivity index (χ3n) is 4.36. The molecule has 0 heterocycles. The summed E-state index contributed by atoms with van der Waals surface area (Å²) >= 11 is -0.826. The number of hydrogen-bond acceptors (Lipinski definition) is 0. The van der Waals surface area contributed by atoms with Crippen molar-refractivity contribution < 1.29 is 20.8 Å². The van der Waals surface area contributed by atoms with Gasteiger partial charge >= 0.3 is 37.9 Å². The zero-order valence-corrected chi connectivity index (χ0v) is 22.1. The Morgan fingerprint density at radius 2 is 0.708 bits per heavy atom. The molecule has 0 amide bonds. The normalized spacial score (nSPS) is 8.83. The average molecular weight is 464 g/mol. The summed E-state index contributed by atoms with van der Waals surface area (Å²) in [5.74, 6) is 0. The molecule has 135 valence electrons. The van der Waals surface area contributed by atoms with Crippen LogP contribution in [0.15, 0.2) is 12.1 Å². The Morgan fingerprint density at radius 1 is 0.583 bits per heavy atom. The fourth-order valence-electron chi connectivity index (χ4n) is 2.27. The van der Waals surface area contributed by atoms with E-state index in [9.17, 15) is 0 Å². The summed E-state index contributed by atoms with van der Waals surface area (Å²) in [5, 5.41) is 0. The number of hydrogen-bond donors (Lipinski definition) is 0. The zero-order valence-electron chi connectivity index (χ0n) is 17.0. The molecule has 0 fully saturated rings. The van der Waals surface area contributed by atoms with Crippen molar-refractivity contribution in [2.75, 3.05) is 0 Å². The van der Waals surface area contributed by atoms with Crippen molar-refractivity contribution in [3.05, 3.63) is 56.6 Å². The minimum absolute atomic E-state index is 0.750. The molecular weight excluding hydrogens is 430 g/mol. The Hall–Kier alpha value is 0.380. The average Bonchev–Trinajstić information content (AvgIpc) is 2.86. The molecular formula is C20H33Cl2SiZr. The van der Waals surface area contributed by atoms with Crippen molar-refractivity contribution >= 4 is 26.5 Å². The third-order valence-corrected chi connectivity index (χ3v) is 4.36. The molecule has 0 unspecified atom stereocenters. The Kier molecular flexibility index (Phi) is 16.1. The Morgan fingerprint density at radius 3 is 0.750 bits per heavy atom. The summed E-state index contributed by atoms with van der Waals surface area (Å²) in [7, 11) is 10.6. The van der Waals surface area contributed by atoms with Crippen LogP contribution in [0.5, 0.6) is 0 Å². The van der Waals surface area contributed by atoms with Gasteiger partial charge in [0.1, 0.15) is 0 Å². The van der Waals surface area contributed by atoms with Gasteiger partial charge in [-0.1, -0.05) is 68.5 Å². The van der Waals surface area contributed by atoms with Gasteiger partial charge in [-0.3, -0.25) is 0 Å². The summed E-state index contributed by atoms with van der Waals surface area (Å²) in [5.41, 5.74) is 11.5. The second kappa shape index (κ2) is 14.5. The first-order valence-corrected chi connectivity index (χ1v) is 16.8. The number of rotatable bonds is 0. The van der Waals surface area contributed by atoms with Crippen molar-refractivity contribution in [1.82, 2.24) is 0 Å². The van der Waals surface area contributed by atoms with Crippen LogP contribution < -0.4 is 0 Å². The molecule has 2 aromatic rings. The maximum absolute atomic E-state index is 4.93. The van der Waals surface area contributed by atoms with Gasteiger partial charge in [0.05, 0.1) is 0 Å². The zero-order chi connectivity index (χ0) is 19.4. The molecule has 0 bridgehead atoms. The second-order valence-corrected chi connectivity index (χ2v) is 11.1. The molecule has 0 saturated heterocycles. The molecule has 0 aromatic heterocycles. The van der Waals surface area contributed by atoms with Gasteiger partial charge in [0.2, 0.25) is 0 Å². The molecule has 0 atom stereocenters. The van der Waals surface area contributed by atoms with Crippen LogP contribution in [0.3, 0.4) is 0 Å². The van der Waals surface area contributed by atoms with E-state index in [0.717, 1.165) is 9.52 Å². The standard InChI is InChI=1S/2C9H13.C2H7Si.2ClH.Zr/c2*1-6-5-7(2)9(4)8(6)3;1-3-2;;;/h2*5H,1-4H3;3H,1-2H3;2*1H;/q2*-1;;;;+4/p-2. The first-order chi connectivity index (χ1) is 11.1. The summed E-state index contributed by atoms with van der Waals surface area (Å²) in [6, 6.07) is 4.48. The molecule has 0 spiro atoms. The van der Waals surface area contributed by atoms with Crippen molar-refractivity contribution in [2.45, 2.75) is 68.5 Å². The van der Waals surface area contributed by atoms with Crippen LogP contribution in [0, 0.1) is 55.4 Å². The van der Waals surface area contributed by atoms with Gasteiger partial charge in [-0.25, -0.2) is 0 Å². The number of aryl methyl sites for hydroxylation is 4. The summed E-state index contributed by atoms with van der Waals surface area (Å²) in [6.07, 6.45) is 0. The Bertz CT molecular complexity index is 486. The molecule has 0 aliphatic heterocycles. The van der Waals surface area contributed by atoms with Gasteiger partial charge in [-0.05, 0) is 0 Å². The van der Waals surface area contributed by atoms with E-state index in [1.165, 1.54) is 44.5 Å². The van der Waals surface area contributed by atoms with Gasteiger partial charge in [0.15, 0.2) is 0 Å². The first-order valence-electron chi connectivity index (χ1n) is 8.19. The molecule has 0 nitrogen and oxygen atoms in total. The molecule has 0 aliphatic rings. The van der Waals surface area contributed by atoms with Gasteiger partial charge in [-0.2, -0.15) is 56.6 Å². The molecule has 0 aliphatic carbocycles. The molecule has 0 saturated carbocycles. The van der Waals surface area contributed by atoms with Gasteiger partial charge in [0.25, 0.3) is 0 Å². The molecule has 2 aromatic carbocycles. The van der Waals surface area contributed by atoms with Crippen LogP contribution in [0.25, 0.3) is 0 Å². The van der Waals surface area contributed by atoms with Crippen molar-refractivity contribution in [2.24, 2.45) is 0 Å². The van der Waals surface area contributed by atoms with E-state index in [1.54, 1.807) is 0 Å². The van der Waals surface area contributed by atoms with Crippen LogP contribution in [0.2, 0.25) is 13.1 Å². The topological polar surface area (TPSA) is 0 Å². The van der Waals surface area contributed by atoms with Gasteiger partial charge in [0, 0.05) is 9.52 Å². The Balaban J connectivity index is 0. The van der Waals surface area contributed by atoms with Crippen molar-refractivity contribution in [3.8, 4) is 0 Å². The summed E-state index contributed by atoms with van der Waals surface area (Å²) in [6.45, 7) is 21.8. The monoisotopic (exact) mass is 461 g/mol. The van der Waals surface area contributed by atoms with Crippen molar-refractivity contribution in [3.63, 3.8) is 0 Å². The third kappa shape index (κ3) is 9.76. The Labute approximate surface area is 171 Å². The van der Waals surface area contributed by atoms with Crippen LogP contribution in [0.4, 0.5) is 0 Å². The molecule has 2 rings (SSSR count). The first kappa shape index (κ1) is 26.6. The summed E-state index contributed by atoms with van der Waals surface area (Å²) in [4.78, 5) is 0. The van der Waals surface area contributed by atoms with Crippen LogP contribution >= 0.6 is 17.0 Å². The van der Waals surface area contributed by atoms with E-state index in [2.05, 4.69) is 80.6 Å². The predicted octanol–water partition coefficient (Wildman–Crippen LogP) is 7.17. The predicted molar refractivity (Wildman–Crippen MR) is 113 cm³/mol. The van der Waals surface area contributed by atoms with E-state index >= 15 is 0 Å². The quantitative estimate of drug-likeness (QED) is 0.287. The van der Waals surface area contributed by atoms with Crippen molar-refractivity contribution in [1.29, 1.82) is 0 Å². The minimum atomic E-state index is -0.826. The number of halogens is 2. The van der Waals surface area contributed by atoms with E-state index in [0.29, 0.717) is 0 Å². The summed E-state index contributed by atoms with van der Waals surface area (Å²) < 4.78 is 0. The van der Waals surface area contributed by atoms with E-state index in [4.69, 9.17) is 17.0 Å². The molecule has 4 heteroatoms. The maximum atomic E-state index is 4.93. The second-order valence-electron chi connectivity index (χ2n) is 6.17. The van der Waals surface area contributed by atoms with Gasteiger partial charge in [-0.15, -0.1) is 0 Å². The van der Waals surface area contributed by atoms with E-state index < -0.39 is 20.8 Å². The molecule has 24 heavy (non-hydrogen) atoms. The fraction of sp³-hybridized carbons (Fsp3) is 0.500. The molecule has 0 N–H and O–H groups in total. The van der Waals surface area contributed by atoms with E-state index in [-0.39, 0.29) is 0 Å². The fourth-order valence-corrected chi connectivity index (χ4v) is 2.27. The van der Waals surface area contributed by atoms with Crippen LogP contribution in [0.1, 0.15) is 44.5 Å². The van der Waals surface area contributed by atoms with Gasteiger partial charge < -0.3 is 0 Å². The van der Waals surface area contributed by atoms with Crippen LogP contribution in [-0.4, -0.2) is 9.52 Å². The SMILES string of the molecule is C[SiH]C.Cc1[cH-]c(C)c(C)c1C.Cc1[cH-]c(C)c(C)c1C.[Cl][Zr+2][Cl]. The van der Waals surface area contributed by atoms with E-state index in [1.807, 2.05) is 0 Å². The van der Waals surface area contributed by atoms with Crippen LogP contribution in [-0.2, 0) is 20.8 Å². The molecule has 1 radical (unpaired) electrons.